The lowest BCUT2D eigenvalue weighted by molar-refractivity contribution is -0.135. The van der Waals surface area contributed by atoms with Gasteiger partial charge in [-0.2, -0.15) is 0 Å². The molecule has 1 aliphatic heterocycles. The minimum Gasteiger partial charge on any atom is -0.391 e. The van der Waals surface area contributed by atoms with Gasteiger partial charge in [0.1, 0.15) is 6.04 Å². The van der Waals surface area contributed by atoms with Crippen molar-refractivity contribution in [2.24, 2.45) is 0 Å². The van der Waals surface area contributed by atoms with E-state index < -0.39 is 12.1 Å². The number of likely N-dealkylation sites (tertiary alicyclic amines) is 1. The van der Waals surface area contributed by atoms with E-state index in [0.29, 0.717) is 18.0 Å². The Hall–Kier alpha value is -1.40. The maximum atomic E-state index is 12.2. The molecule has 1 aromatic rings. The number of nitrogens with one attached hydrogen (secondary N) is 1. The van der Waals surface area contributed by atoms with E-state index in [9.17, 15) is 14.7 Å². The first-order valence-corrected chi connectivity index (χ1v) is 7.27. The summed E-state index contributed by atoms with van der Waals surface area (Å²) >= 11 is 1.34. The van der Waals surface area contributed by atoms with Crippen molar-refractivity contribution in [3.8, 4) is 0 Å². The number of hydrogen-bond acceptors (Lipinski definition) is 4. The molecular formula is C13H18N2O3S. The fourth-order valence-corrected chi connectivity index (χ4v) is 2.79. The molecular weight excluding hydrogens is 264 g/mol. The molecule has 2 unspecified atom stereocenters. The monoisotopic (exact) mass is 282 g/mol. The van der Waals surface area contributed by atoms with Crippen LogP contribution in [0.3, 0.4) is 0 Å². The number of aliphatic hydroxyl groups excluding tert-OH is 1. The summed E-state index contributed by atoms with van der Waals surface area (Å²) in [5.74, 6) is -0.364. The first-order valence-electron chi connectivity index (χ1n) is 6.39. The summed E-state index contributed by atoms with van der Waals surface area (Å²) in [5, 5.41) is 14.1. The van der Waals surface area contributed by atoms with Crippen LogP contribution in [0, 0.1) is 0 Å². The third-order valence-corrected chi connectivity index (χ3v) is 4.04. The predicted molar refractivity (Wildman–Crippen MR) is 73.1 cm³/mol. The maximum absolute atomic E-state index is 12.2. The third-order valence-electron chi connectivity index (χ3n) is 3.17. The third kappa shape index (κ3) is 3.54. The Morgan fingerprint density at radius 2 is 2.37 bits per heavy atom. The Morgan fingerprint density at radius 1 is 1.58 bits per heavy atom. The van der Waals surface area contributed by atoms with Gasteiger partial charge in [0.2, 0.25) is 5.91 Å². The Kier molecular flexibility index (Phi) is 4.55. The summed E-state index contributed by atoms with van der Waals surface area (Å²) in [6.07, 6.45) is 1.09. The van der Waals surface area contributed by atoms with Crippen LogP contribution >= 0.6 is 11.3 Å². The lowest BCUT2D eigenvalue weighted by Crippen LogP contribution is -2.50. The van der Waals surface area contributed by atoms with Gasteiger partial charge in [-0.05, 0) is 31.2 Å². The van der Waals surface area contributed by atoms with E-state index in [0.717, 1.165) is 12.8 Å². The van der Waals surface area contributed by atoms with E-state index in [2.05, 4.69) is 5.32 Å². The number of nitrogens with zero attached hydrogens (tertiary/aromatic N) is 1. The first-order chi connectivity index (χ1) is 9.08. The number of piperidine rings is 1. The second-order valence-electron chi connectivity index (χ2n) is 4.75. The number of rotatable bonds is 3. The van der Waals surface area contributed by atoms with Crippen LogP contribution in [-0.2, 0) is 4.79 Å². The predicted octanol–water partition coefficient (Wildman–Crippen LogP) is 0.850. The van der Waals surface area contributed by atoms with E-state index in [1.165, 1.54) is 11.3 Å². The van der Waals surface area contributed by atoms with E-state index in [-0.39, 0.29) is 11.8 Å². The molecule has 2 rings (SSSR count). The molecule has 2 N–H and O–H groups in total. The van der Waals surface area contributed by atoms with Crippen molar-refractivity contribution in [3.05, 3.63) is 22.4 Å². The second-order valence-corrected chi connectivity index (χ2v) is 5.70. The summed E-state index contributed by atoms with van der Waals surface area (Å²) in [6, 6.07) is 2.95. The van der Waals surface area contributed by atoms with Crippen molar-refractivity contribution in [3.63, 3.8) is 0 Å². The summed E-state index contributed by atoms with van der Waals surface area (Å²) in [5.41, 5.74) is 0. The number of β-amino-alcohol motifs (C(OH)–C–C–N with tert-alkyl or cyclic N) is 1. The lowest BCUT2D eigenvalue weighted by Gasteiger charge is -2.32. The fourth-order valence-electron chi connectivity index (χ4n) is 2.17. The molecule has 0 saturated carbocycles. The molecule has 6 heteroatoms. The van der Waals surface area contributed by atoms with Crippen LogP contribution in [0.25, 0.3) is 0 Å². The summed E-state index contributed by atoms with van der Waals surface area (Å²) in [6.45, 7) is 2.68. The van der Waals surface area contributed by atoms with E-state index >= 15 is 0 Å². The van der Waals surface area contributed by atoms with Gasteiger partial charge in [0.15, 0.2) is 0 Å². The molecule has 19 heavy (non-hydrogen) atoms. The van der Waals surface area contributed by atoms with Crippen molar-refractivity contribution >= 4 is 23.2 Å². The largest absolute Gasteiger partial charge is 0.391 e. The van der Waals surface area contributed by atoms with Crippen LogP contribution in [0.1, 0.15) is 29.4 Å². The molecule has 1 aromatic heterocycles. The quantitative estimate of drug-likeness (QED) is 0.863. The molecule has 1 saturated heterocycles. The van der Waals surface area contributed by atoms with Crippen LogP contribution in [0.4, 0.5) is 0 Å². The molecule has 2 atom stereocenters. The average Bonchev–Trinajstić information content (AvgIpc) is 2.91. The standard InChI is InChI=1S/C13H18N2O3S/c1-9(14-12(17)11-5-3-7-19-11)13(18)15-6-2-4-10(16)8-15/h3,5,7,9-10,16H,2,4,6,8H2,1H3,(H,14,17). The van der Waals surface area contributed by atoms with Gasteiger partial charge in [-0.1, -0.05) is 6.07 Å². The number of amides is 2. The molecule has 0 aliphatic carbocycles. The topological polar surface area (TPSA) is 69.6 Å². The van der Waals surface area contributed by atoms with Crippen molar-refractivity contribution in [2.75, 3.05) is 13.1 Å². The normalized spacial score (nSPS) is 20.9. The molecule has 0 spiro atoms. The zero-order chi connectivity index (χ0) is 13.8. The van der Waals surface area contributed by atoms with Gasteiger partial charge in [0, 0.05) is 13.1 Å². The van der Waals surface area contributed by atoms with Crippen LogP contribution < -0.4 is 5.32 Å². The van der Waals surface area contributed by atoms with Crippen LogP contribution in [0.15, 0.2) is 17.5 Å². The van der Waals surface area contributed by atoms with Crippen LogP contribution in [0.5, 0.6) is 0 Å². The average molecular weight is 282 g/mol. The number of thiophene rings is 1. The minimum atomic E-state index is -0.570. The van der Waals surface area contributed by atoms with Gasteiger partial charge in [0.25, 0.3) is 5.91 Å². The molecule has 104 valence electrons. The van der Waals surface area contributed by atoms with Gasteiger partial charge in [0.05, 0.1) is 11.0 Å². The molecule has 1 aliphatic rings. The van der Waals surface area contributed by atoms with Crippen LogP contribution in [0.2, 0.25) is 0 Å². The van der Waals surface area contributed by atoms with Crippen molar-refractivity contribution in [1.29, 1.82) is 0 Å². The zero-order valence-corrected chi connectivity index (χ0v) is 11.7. The Bertz CT molecular complexity index is 447. The Balaban J connectivity index is 1.90. The smallest absolute Gasteiger partial charge is 0.261 e. The first kappa shape index (κ1) is 14.0. The number of hydrogen-bond donors (Lipinski definition) is 2. The molecule has 5 nitrogen and oxygen atoms in total. The van der Waals surface area contributed by atoms with Crippen molar-refractivity contribution in [2.45, 2.75) is 31.9 Å². The van der Waals surface area contributed by atoms with Gasteiger partial charge in [-0.3, -0.25) is 9.59 Å². The molecule has 0 aromatic carbocycles. The van der Waals surface area contributed by atoms with Gasteiger partial charge >= 0.3 is 0 Å². The zero-order valence-electron chi connectivity index (χ0n) is 10.8. The molecule has 0 bridgehead atoms. The number of carbonyl (C=O) groups excluding carboxylic acids is 2. The summed E-state index contributed by atoms with van der Waals surface area (Å²) < 4.78 is 0. The summed E-state index contributed by atoms with van der Waals surface area (Å²) in [4.78, 5) is 26.2. The van der Waals surface area contributed by atoms with E-state index in [4.69, 9.17) is 0 Å². The summed E-state index contributed by atoms with van der Waals surface area (Å²) in [7, 11) is 0. The maximum Gasteiger partial charge on any atom is 0.261 e. The molecule has 2 amide bonds. The van der Waals surface area contributed by atoms with Crippen molar-refractivity contribution in [1.82, 2.24) is 10.2 Å². The highest BCUT2D eigenvalue weighted by molar-refractivity contribution is 7.12. The number of aliphatic hydroxyl groups is 1. The highest BCUT2D eigenvalue weighted by Gasteiger charge is 2.26. The second kappa shape index (κ2) is 6.16. The Labute approximate surface area is 116 Å². The fraction of sp³-hybridized carbons (Fsp3) is 0.538. The van der Waals surface area contributed by atoms with Gasteiger partial charge in [-0.15, -0.1) is 11.3 Å². The highest BCUT2D eigenvalue weighted by atomic mass is 32.1. The SMILES string of the molecule is CC(NC(=O)c1cccs1)C(=O)N1CCCC(O)C1. The van der Waals surface area contributed by atoms with Gasteiger partial charge < -0.3 is 15.3 Å². The molecule has 2 heterocycles. The van der Waals surface area contributed by atoms with E-state index in [1.807, 2.05) is 5.38 Å². The lowest BCUT2D eigenvalue weighted by atomic mass is 10.1. The Morgan fingerprint density at radius 3 is 3.00 bits per heavy atom. The number of carbonyl (C=O) groups is 2. The minimum absolute atomic E-state index is 0.136. The van der Waals surface area contributed by atoms with Crippen molar-refractivity contribution < 1.29 is 14.7 Å². The van der Waals surface area contributed by atoms with E-state index in [1.54, 1.807) is 24.0 Å². The molecule has 0 radical (unpaired) electrons. The van der Waals surface area contributed by atoms with Crippen LogP contribution in [-0.4, -0.2) is 47.1 Å². The molecule has 1 fully saturated rings. The highest BCUT2D eigenvalue weighted by Crippen LogP contribution is 2.12. The van der Waals surface area contributed by atoms with Gasteiger partial charge in [-0.25, -0.2) is 0 Å².